The molecule has 0 aliphatic rings. The zero-order chi connectivity index (χ0) is 13.0. The molecule has 20 heavy (non-hydrogen) atoms. The molecule has 0 amide bonds. The molecule has 0 aliphatic heterocycles. The Bertz CT molecular complexity index is 945. The van der Waals surface area contributed by atoms with Gasteiger partial charge in [-0.25, -0.2) is 0 Å². The molecule has 4 aromatic rings. The van der Waals surface area contributed by atoms with Crippen LogP contribution >= 0.6 is 22.9 Å². The van der Waals surface area contributed by atoms with Gasteiger partial charge in [0.15, 0.2) is 0 Å². The molecule has 2 aromatic heterocycles. The number of benzene rings is 2. The summed E-state index contributed by atoms with van der Waals surface area (Å²) in [6.07, 6.45) is 0. The molecule has 0 unspecified atom stereocenters. The Labute approximate surface area is 142 Å². The van der Waals surface area contributed by atoms with Crippen LogP contribution in [0.25, 0.3) is 31.2 Å². The molecule has 0 saturated carbocycles. The second-order valence-electron chi connectivity index (χ2n) is 4.69. The molecule has 4 rings (SSSR count). The summed E-state index contributed by atoms with van der Waals surface area (Å²) in [6, 6.07) is 16.8. The zero-order valence-corrected chi connectivity index (χ0v) is 14.5. The van der Waals surface area contributed by atoms with Crippen LogP contribution in [0, 0.1) is 0 Å². The molecule has 0 aliphatic carbocycles. The first-order valence-corrected chi connectivity index (χ1v) is 7.33. The van der Waals surface area contributed by atoms with E-state index in [1.165, 1.54) is 31.2 Å². The van der Waals surface area contributed by atoms with Crippen LogP contribution in [0.1, 0.15) is 0 Å². The van der Waals surface area contributed by atoms with Crippen LogP contribution in [-0.2, 0) is 7.05 Å². The summed E-state index contributed by atoms with van der Waals surface area (Å²) in [5, 5.41) is 3.34. The lowest BCUT2D eigenvalue weighted by atomic mass is 10.1. The Balaban J connectivity index is 0.00000121. The first-order chi connectivity index (χ1) is 9.25. The lowest BCUT2D eigenvalue weighted by Crippen LogP contribution is -3.00. The van der Waals surface area contributed by atoms with Gasteiger partial charge in [-0.3, -0.25) is 0 Å². The maximum atomic E-state index is 6.31. The van der Waals surface area contributed by atoms with Crippen LogP contribution in [-0.4, -0.2) is 0 Å². The van der Waals surface area contributed by atoms with Gasteiger partial charge in [-0.15, -0.1) is 11.3 Å². The van der Waals surface area contributed by atoms with E-state index in [0.29, 0.717) is 0 Å². The van der Waals surface area contributed by atoms with Crippen molar-refractivity contribution in [2.24, 2.45) is 7.05 Å². The Morgan fingerprint density at radius 2 is 1.85 bits per heavy atom. The Morgan fingerprint density at radius 3 is 2.70 bits per heavy atom. The minimum Gasteiger partial charge on any atom is -1.00 e. The van der Waals surface area contributed by atoms with Crippen molar-refractivity contribution in [2.75, 3.05) is 0 Å². The predicted octanol–water partition coefficient (Wildman–Crippen LogP) is 1.69. The topological polar surface area (TPSA) is 3.88 Å². The monoisotopic (exact) mass is 411 g/mol. The van der Waals surface area contributed by atoms with E-state index < -0.39 is 0 Å². The van der Waals surface area contributed by atoms with E-state index >= 15 is 0 Å². The van der Waals surface area contributed by atoms with E-state index in [4.69, 9.17) is 11.6 Å². The Kier molecular flexibility index (Phi) is 3.60. The Hall–Kier alpha value is -0.910. The van der Waals surface area contributed by atoms with Gasteiger partial charge in [0, 0.05) is 11.5 Å². The van der Waals surface area contributed by atoms with Crippen molar-refractivity contribution in [2.45, 2.75) is 0 Å². The summed E-state index contributed by atoms with van der Waals surface area (Å²) in [4.78, 5) is 0. The maximum Gasteiger partial charge on any atom is 0.231 e. The molecule has 0 atom stereocenters. The van der Waals surface area contributed by atoms with Crippen molar-refractivity contribution < 1.29 is 28.5 Å². The molecule has 0 saturated heterocycles. The molecule has 0 spiro atoms. The van der Waals surface area contributed by atoms with Gasteiger partial charge < -0.3 is 24.0 Å². The number of aryl methyl sites for hydroxylation is 1. The molecule has 100 valence electrons. The van der Waals surface area contributed by atoms with E-state index in [0.717, 1.165) is 5.02 Å². The average molecular weight is 412 g/mol. The molecule has 2 heterocycles. The summed E-state index contributed by atoms with van der Waals surface area (Å²) in [7, 11) is 2.12. The molecule has 0 fully saturated rings. The van der Waals surface area contributed by atoms with Gasteiger partial charge in [-0.05, 0) is 24.3 Å². The number of hydrogen-bond acceptors (Lipinski definition) is 1. The summed E-state index contributed by atoms with van der Waals surface area (Å²) in [5.74, 6) is 0. The number of para-hydroxylation sites is 1. The lowest BCUT2D eigenvalue weighted by Gasteiger charge is -1.98. The van der Waals surface area contributed by atoms with E-state index in [-0.39, 0.29) is 24.0 Å². The van der Waals surface area contributed by atoms with Crippen LogP contribution in [0.15, 0.2) is 48.5 Å². The largest absolute Gasteiger partial charge is 1.00 e. The number of fused-ring (bicyclic) bond motifs is 4. The lowest BCUT2D eigenvalue weighted by molar-refractivity contribution is -0.616. The fourth-order valence-corrected chi connectivity index (χ4v) is 4.19. The fraction of sp³-hybridized carbons (Fsp3) is 0.0625. The van der Waals surface area contributed by atoms with Crippen LogP contribution < -0.4 is 28.5 Å². The number of halogens is 2. The van der Waals surface area contributed by atoms with Gasteiger partial charge in [-0.1, -0.05) is 29.8 Å². The number of rotatable bonds is 0. The number of nitrogens with zero attached hydrogens (tertiary/aromatic N) is 1. The third-order valence-corrected chi connectivity index (χ3v) is 5.19. The molecule has 0 N–H and O–H groups in total. The standard InChI is InChI=1S/C16H11ClNS.HI/c1-18-13-8-3-2-5-10(13)9-14-15(18)11-6-4-7-12(17)16(11)19-14;/h2-9H,1H3;1H/q+1;/p-1. The molecule has 4 heteroatoms. The average Bonchev–Trinajstić information content (AvgIpc) is 2.79. The predicted molar refractivity (Wildman–Crippen MR) is 83.0 cm³/mol. The smallest absolute Gasteiger partial charge is 0.231 e. The number of aromatic nitrogens is 1. The quantitative estimate of drug-likeness (QED) is 0.306. The summed E-state index contributed by atoms with van der Waals surface area (Å²) in [5.41, 5.74) is 2.51. The zero-order valence-electron chi connectivity index (χ0n) is 10.7. The first kappa shape index (κ1) is 14.0. The number of hydrogen-bond donors (Lipinski definition) is 0. The van der Waals surface area contributed by atoms with Gasteiger partial charge in [0.05, 0.1) is 15.1 Å². The highest BCUT2D eigenvalue weighted by Crippen LogP contribution is 2.37. The van der Waals surface area contributed by atoms with E-state index in [2.05, 4.69) is 48.0 Å². The fourth-order valence-electron chi connectivity index (χ4n) is 2.71. The summed E-state index contributed by atoms with van der Waals surface area (Å²) in [6.45, 7) is 0. The molecular weight excluding hydrogens is 401 g/mol. The van der Waals surface area contributed by atoms with E-state index in [1.54, 1.807) is 11.3 Å². The second-order valence-corrected chi connectivity index (χ2v) is 6.15. The first-order valence-electron chi connectivity index (χ1n) is 6.14. The highest BCUT2D eigenvalue weighted by Gasteiger charge is 2.18. The van der Waals surface area contributed by atoms with Crippen LogP contribution in [0.3, 0.4) is 0 Å². The van der Waals surface area contributed by atoms with Crippen LogP contribution in [0.2, 0.25) is 5.02 Å². The third kappa shape index (κ3) is 1.91. The van der Waals surface area contributed by atoms with Crippen molar-refractivity contribution in [3.05, 3.63) is 53.6 Å². The normalized spacial score (nSPS) is 11.1. The Morgan fingerprint density at radius 1 is 1.05 bits per heavy atom. The molecule has 1 nitrogen and oxygen atoms in total. The summed E-state index contributed by atoms with van der Waals surface area (Å²) >= 11 is 8.08. The minimum absolute atomic E-state index is 0. The molecular formula is C16H11ClINS. The number of pyridine rings is 1. The second kappa shape index (κ2) is 5.13. The van der Waals surface area contributed by atoms with Crippen molar-refractivity contribution in [3.63, 3.8) is 0 Å². The maximum absolute atomic E-state index is 6.31. The van der Waals surface area contributed by atoms with Crippen molar-refractivity contribution >= 4 is 54.1 Å². The van der Waals surface area contributed by atoms with Crippen molar-refractivity contribution in [3.8, 4) is 0 Å². The van der Waals surface area contributed by atoms with Crippen molar-refractivity contribution in [1.82, 2.24) is 0 Å². The number of thiophene rings is 1. The molecule has 2 aromatic carbocycles. The van der Waals surface area contributed by atoms with Gasteiger partial charge in [0.25, 0.3) is 0 Å². The highest BCUT2D eigenvalue weighted by molar-refractivity contribution is 7.26. The summed E-state index contributed by atoms with van der Waals surface area (Å²) < 4.78 is 4.72. The van der Waals surface area contributed by atoms with Gasteiger partial charge in [-0.2, -0.15) is 4.57 Å². The van der Waals surface area contributed by atoms with E-state index in [1.807, 2.05) is 12.1 Å². The van der Waals surface area contributed by atoms with E-state index in [9.17, 15) is 0 Å². The highest BCUT2D eigenvalue weighted by atomic mass is 127. The third-order valence-electron chi connectivity index (χ3n) is 3.59. The molecule has 0 bridgehead atoms. The van der Waals surface area contributed by atoms with Gasteiger partial charge >= 0.3 is 0 Å². The molecule has 0 radical (unpaired) electrons. The van der Waals surface area contributed by atoms with Crippen LogP contribution in [0.4, 0.5) is 0 Å². The van der Waals surface area contributed by atoms with Gasteiger partial charge in [0.2, 0.25) is 11.0 Å². The van der Waals surface area contributed by atoms with Gasteiger partial charge in [0.1, 0.15) is 11.7 Å². The van der Waals surface area contributed by atoms with Crippen molar-refractivity contribution in [1.29, 1.82) is 0 Å². The minimum atomic E-state index is 0. The van der Waals surface area contributed by atoms with Crippen LogP contribution in [0.5, 0.6) is 0 Å². The SMILES string of the molecule is C[n+]1c2ccccc2cc2sc3c(Cl)cccc3c21.[I-].